The van der Waals surface area contributed by atoms with E-state index in [-0.39, 0.29) is 0 Å². The molecule has 4 rings (SSSR count). The summed E-state index contributed by atoms with van der Waals surface area (Å²) in [6, 6.07) is 18.3. The van der Waals surface area contributed by atoms with E-state index in [4.69, 9.17) is 4.74 Å². The third-order valence-corrected chi connectivity index (χ3v) is 4.58. The molecule has 0 radical (unpaired) electrons. The van der Waals surface area contributed by atoms with Crippen molar-refractivity contribution in [3.63, 3.8) is 0 Å². The Bertz CT molecular complexity index is 810. The van der Waals surface area contributed by atoms with E-state index in [1.165, 1.54) is 5.56 Å². The van der Waals surface area contributed by atoms with Crippen molar-refractivity contribution >= 4 is 28.3 Å². The monoisotopic (exact) mass is 321 g/mol. The Morgan fingerprint density at radius 3 is 2.52 bits per heavy atom. The topological polar surface area (TPSA) is 36.9 Å². The number of hydrazone groups is 1. The molecule has 114 valence electrons. The van der Waals surface area contributed by atoms with Crippen molar-refractivity contribution in [2.24, 2.45) is 5.10 Å². The summed E-state index contributed by atoms with van der Waals surface area (Å²) >= 11 is 1.62. The molecule has 5 heteroatoms. The molecule has 2 aliphatic rings. The molecular weight excluding hydrogens is 306 g/mol. The predicted octanol–water partition coefficient (Wildman–Crippen LogP) is 3.92. The molecule has 0 aliphatic carbocycles. The molecule has 0 bridgehead atoms. The van der Waals surface area contributed by atoms with E-state index in [2.05, 4.69) is 39.2 Å². The van der Waals surface area contributed by atoms with Gasteiger partial charge in [-0.25, -0.2) is 0 Å². The molecule has 2 aliphatic heterocycles. The molecule has 2 aromatic carbocycles. The highest BCUT2D eigenvalue weighted by molar-refractivity contribution is 8.16. The number of nitrogens with one attached hydrogen (secondary N) is 1. The summed E-state index contributed by atoms with van der Waals surface area (Å²) in [5.74, 6) is 0.843. The Balaban J connectivity index is 1.66. The van der Waals surface area contributed by atoms with Crippen LogP contribution in [0.25, 0.3) is 11.4 Å². The molecule has 0 spiro atoms. The molecule has 2 heterocycles. The van der Waals surface area contributed by atoms with Gasteiger partial charge in [0.25, 0.3) is 0 Å². The van der Waals surface area contributed by atoms with Crippen LogP contribution in [0.1, 0.15) is 11.1 Å². The lowest BCUT2D eigenvalue weighted by Gasteiger charge is -2.24. The molecule has 1 N–H and O–H groups in total. The van der Waals surface area contributed by atoms with Gasteiger partial charge in [-0.2, -0.15) is 0 Å². The van der Waals surface area contributed by atoms with Gasteiger partial charge in [0.05, 0.1) is 18.5 Å². The predicted molar refractivity (Wildman–Crippen MR) is 95.4 cm³/mol. The first-order valence-electron chi connectivity index (χ1n) is 7.26. The number of ether oxygens (including phenoxy) is 1. The minimum Gasteiger partial charge on any atom is -0.497 e. The first-order valence-corrected chi connectivity index (χ1v) is 8.14. The number of fused-ring (bicyclic) bond motifs is 1. The highest BCUT2D eigenvalue weighted by atomic mass is 32.2. The van der Waals surface area contributed by atoms with E-state index < -0.39 is 0 Å². The molecule has 0 unspecified atom stereocenters. The van der Waals surface area contributed by atoms with Gasteiger partial charge in [-0.05, 0) is 29.8 Å². The van der Waals surface area contributed by atoms with Crippen LogP contribution in [0.5, 0.6) is 5.75 Å². The summed E-state index contributed by atoms with van der Waals surface area (Å²) in [6.07, 6.45) is 2.09. The van der Waals surface area contributed by atoms with Crippen molar-refractivity contribution in [3.8, 4) is 5.75 Å². The number of hydrogen-bond acceptors (Lipinski definition) is 5. The number of rotatable bonds is 3. The molecule has 0 aromatic heterocycles. The maximum Gasteiger partial charge on any atom is 0.196 e. The zero-order valence-electron chi connectivity index (χ0n) is 12.6. The molecule has 4 nitrogen and oxygen atoms in total. The standard InChI is InChI=1S/C18H15N3OS/c1-22-15-9-7-13(8-10-15)16-11-21-17(12-23-18(21)20-19-16)14-5-3-2-4-6-14/h2-12,19H,1H3. The molecule has 0 amide bonds. The van der Waals surface area contributed by atoms with E-state index in [1.807, 2.05) is 42.5 Å². The normalized spacial score (nSPS) is 16.0. The van der Waals surface area contributed by atoms with Crippen molar-refractivity contribution in [2.45, 2.75) is 0 Å². The fraction of sp³-hybridized carbons (Fsp3) is 0.0556. The highest BCUT2D eigenvalue weighted by Crippen LogP contribution is 2.36. The summed E-state index contributed by atoms with van der Waals surface area (Å²) in [5.41, 5.74) is 7.47. The Labute approximate surface area is 139 Å². The lowest BCUT2D eigenvalue weighted by Crippen LogP contribution is -2.26. The molecule has 0 saturated heterocycles. The van der Waals surface area contributed by atoms with Crippen molar-refractivity contribution in [3.05, 3.63) is 77.3 Å². The van der Waals surface area contributed by atoms with Gasteiger partial charge in [0.2, 0.25) is 0 Å². The smallest absolute Gasteiger partial charge is 0.196 e. The average molecular weight is 321 g/mol. The quantitative estimate of drug-likeness (QED) is 0.930. The molecular formula is C18H15N3OS. The van der Waals surface area contributed by atoms with Crippen molar-refractivity contribution < 1.29 is 4.74 Å². The van der Waals surface area contributed by atoms with Gasteiger partial charge in [0.15, 0.2) is 5.17 Å². The van der Waals surface area contributed by atoms with Gasteiger partial charge in [-0.3, -0.25) is 10.3 Å². The number of amidine groups is 1. The van der Waals surface area contributed by atoms with Crippen LogP contribution in [0.3, 0.4) is 0 Å². The fourth-order valence-corrected chi connectivity index (χ4v) is 3.35. The molecule has 0 atom stereocenters. The molecule has 23 heavy (non-hydrogen) atoms. The van der Waals surface area contributed by atoms with E-state index in [0.29, 0.717) is 0 Å². The van der Waals surface area contributed by atoms with Crippen LogP contribution in [-0.2, 0) is 0 Å². The number of thioether (sulfide) groups is 1. The summed E-state index contributed by atoms with van der Waals surface area (Å²) in [6.45, 7) is 0. The molecule has 2 aromatic rings. The summed E-state index contributed by atoms with van der Waals surface area (Å²) in [5, 5.41) is 7.53. The fourth-order valence-electron chi connectivity index (χ4n) is 2.52. The summed E-state index contributed by atoms with van der Waals surface area (Å²) in [4.78, 5) is 2.12. The number of benzene rings is 2. The molecule has 0 saturated carbocycles. The van der Waals surface area contributed by atoms with Crippen LogP contribution < -0.4 is 10.2 Å². The second-order valence-electron chi connectivity index (χ2n) is 5.13. The van der Waals surface area contributed by atoms with Gasteiger partial charge in [0, 0.05) is 17.2 Å². The summed E-state index contributed by atoms with van der Waals surface area (Å²) in [7, 11) is 1.67. The Hall–Kier alpha value is -2.66. The maximum absolute atomic E-state index is 5.21. The van der Waals surface area contributed by atoms with Crippen LogP contribution in [-0.4, -0.2) is 17.2 Å². The first-order chi connectivity index (χ1) is 11.3. The first kappa shape index (κ1) is 14.0. The van der Waals surface area contributed by atoms with Gasteiger partial charge in [0.1, 0.15) is 5.75 Å². The van der Waals surface area contributed by atoms with Crippen molar-refractivity contribution in [1.82, 2.24) is 10.3 Å². The average Bonchev–Trinajstić information content (AvgIpc) is 3.05. The Kier molecular flexibility index (Phi) is 3.55. The van der Waals surface area contributed by atoms with Crippen LogP contribution in [0.4, 0.5) is 0 Å². The Morgan fingerprint density at radius 2 is 1.78 bits per heavy atom. The second-order valence-corrected chi connectivity index (χ2v) is 5.97. The maximum atomic E-state index is 5.21. The number of hydrogen-bond donors (Lipinski definition) is 1. The van der Waals surface area contributed by atoms with Gasteiger partial charge >= 0.3 is 0 Å². The van der Waals surface area contributed by atoms with Gasteiger partial charge in [-0.15, -0.1) is 5.10 Å². The van der Waals surface area contributed by atoms with Crippen LogP contribution >= 0.6 is 11.8 Å². The number of methoxy groups -OCH3 is 1. The number of nitrogens with zero attached hydrogens (tertiary/aromatic N) is 2. The van der Waals surface area contributed by atoms with Crippen LogP contribution in [0.15, 0.2) is 71.3 Å². The third-order valence-electron chi connectivity index (χ3n) is 3.74. The van der Waals surface area contributed by atoms with Crippen molar-refractivity contribution in [2.75, 3.05) is 7.11 Å². The lowest BCUT2D eigenvalue weighted by atomic mass is 10.1. The summed E-state index contributed by atoms with van der Waals surface area (Å²) < 4.78 is 5.21. The van der Waals surface area contributed by atoms with E-state index in [1.54, 1.807) is 18.9 Å². The van der Waals surface area contributed by atoms with E-state index in [9.17, 15) is 0 Å². The zero-order chi connectivity index (χ0) is 15.6. The minimum absolute atomic E-state index is 0.843. The highest BCUT2D eigenvalue weighted by Gasteiger charge is 2.26. The minimum atomic E-state index is 0.843. The Morgan fingerprint density at radius 1 is 1.00 bits per heavy atom. The van der Waals surface area contributed by atoms with Gasteiger partial charge in [-0.1, -0.05) is 42.1 Å². The van der Waals surface area contributed by atoms with Crippen LogP contribution in [0, 0.1) is 0 Å². The molecule has 0 fully saturated rings. The zero-order valence-corrected chi connectivity index (χ0v) is 13.4. The van der Waals surface area contributed by atoms with E-state index in [0.717, 1.165) is 27.9 Å². The van der Waals surface area contributed by atoms with E-state index >= 15 is 0 Å². The lowest BCUT2D eigenvalue weighted by molar-refractivity contribution is 0.415. The largest absolute Gasteiger partial charge is 0.497 e. The van der Waals surface area contributed by atoms with Crippen LogP contribution in [0.2, 0.25) is 0 Å². The second kappa shape index (κ2) is 5.85. The van der Waals surface area contributed by atoms with Gasteiger partial charge < -0.3 is 4.74 Å². The SMILES string of the molecule is COc1ccc(C2=CN3C(c4ccccc4)=CSC3=NN2)cc1. The third kappa shape index (κ3) is 2.59. The van der Waals surface area contributed by atoms with Crippen molar-refractivity contribution in [1.29, 1.82) is 0 Å².